The molecular formula is C24H30FN3O6S2. The van der Waals surface area contributed by atoms with Crippen molar-refractivity contribution in [2.24, 2.45) is 5.92 Å². The Morgan fingerprint density at radius 2 is 1.42 bits per heavy atom. The third kappa shape index (κ3) is 5.56. The lowest BCUT2D eigenvalue weighted by atomic mass is 9.97. The number of anilines is 1. The van der Waals surface area contributed by atoms with Crippen molar-refractivity contribution in [3.05, 3.63) is 48.3 Å². The average Bonchev–Trinajstić information content (AvgIpc) is 2.89. The van der Waals surface area contributed by atoms with Gasteiger partial charge in [-0.05, 0) is 68.1 Å². The quantitative estimate of drug-likeness (QED) is 0.579. The van der Waals surface area contributed by atoms with E-state index in [2.05, 4.69) is 5.32 Å². The van der Waals surface area contributed by atoms with Gasteiger partial charge in [0, 0.05) is 32.1 Å². The van der Waals surface area contributed by atoms with Crippen LogP contribution in [0.5, 0.6) is 5.75 Å². The van der Waals surface area contributed by atoms with Crippen LogP contribution >= 0.6 is 0 Å². The minimum atomic E-state index is -3.79. The molecule has 196 valence electrons. The van der Waals surface area contributed by atoms with Crippen LogP contribution in [0.2, 0.25) is 0 Å². The maximum absolute atomic E-state index is 13.2. The standard InChI is InChI=1S/C24H30FN3O6S2/c1-34-23-10-9-21(36(32,33)27-13-3-2-4-14-27)17-22(23)26-24(29)18-11-15-28(16-12-18)35(30,31)20-7-5-19(25)6-8-20/h5-10,17-18H,2-4,11-16H2,1H3,(H,26,29). The fourth-order valence-electron chi connectivity index (χ4n) is 4.55. The second kappa shape index (κ2) is 10.8. The lowest BCUT2D eigenvalue weighted by Gasteiger charge is -2.30. The molecule has 2 aliphatic heterocycles. The normalized spacial score (nSPS) is 18.6. The zero-order valence-electron chi connectivity index (χ0n) is 20.0. The molecule has 0 bridgehead atoms. The molecule has 9 nitrogen and oxygen atoms in total. The zero-order valence-corrected chi connectivity index (χ0v) is 21.7. The molecule has 2 aromatic carbocycles. The summed E-state index contributed by atoms with van der Waals surface area (Å²) in [6.07, 6.45) is 3.21. The minimum Gasteiger partial charge on any atom is -0.495 e. The molecule has 36 heavy (non-hydrogen) atoms. The van der Waals surface area contributed by atoms with E-state index in [1.807, 2.05) is 0 Å². The lowest BCUT2D eigenvalue weighted by molar-refractivity contribution is -0.120. The SMILES string of the molecule is COc1ccc(S(=O)(=O)N2CCCCC2)cc1NC(=O)C1CCN(S(=O)(=O)c2ccc(F)cc2)CC1. The van der Waals surface area contributed by atoms with Crippen molar-refractivity contribution in [3.8, 4) is 5.75 Å². The highest BCUT2D eigenvalue weighted by Gasteiger charge is 2.33. The Bertz CT molecular complexity index is 1300. The molecule has 2 aliphatic rings. The summed E-state index contributed by atoms with van der Waals surface area (Å²) >= 11 is 0. The highest BCUT2D eigenvalue weighted by atomic mass is 32.2. The van der Waals surface area contributed by atoms with Crippen LogP contribution in [-0.2, 0) is 24.8 Å². The Morgan fingerprint density at radius 1 is 0.861 bits per heavy atom. The van der Waals surface area contributed by atoms with Crippen LogP contribution in [0.25, 0.3) is 0 Å². The summed E-state index contributed by atoms with van der Waals surface area (Å²) in [6, 6.07) is 9.04. The van der Waals surface area contributed by atoms with Crippen molar-refractivity contribution in [1.82, 2.24) is 8.61 Å². The fraction of sp³-hybridized carbons (Fsp3) is 0.458. The minimum absolute atomic E-state index is 0.00303. The van der Waals surface area contributed by atoms with Crippen LogP contribution in [0.1, 0.15) is 32.1 Å². The number of hydrogen-bond donors (Lipinski definition) is 1. The molecule has 0 spiro atoms. The second-order valence-electron chi connectivity index (χ2n) is 8.95. The Balaban J connectivity index is 1.44. The number of benzene rings is 2. The first-order valence-electron chi connectivity index (χ1n) is 11.9. The Labute approximate surface area is 211 Å². The highest BCUT2D eigenvalue weighted by molar-refractivity contribution is 7.89. The first kappa shape index (κ1) is 26.5. The third-order valence-corrected chi connectivity index (χ3v) is 10.5. The molecule has 2 heterocycles. The van der Waals surface area contributed by atoms with E-state index in [1.54, 1.807) is 0 Å². The molecule has 12 heteroatoms. The van der Waals surface area contributed by atoms with E-state index in [4.69, 9.17) is 4.74 Å². The van der Waals surface area contributed by atoms with Gasteiger partial charge < -0.3 is 10.1 Å². The van der Waals surface area contributed by atoms with Crippen LogP contribution in [0.4, 0.5) is 10.1 Å². The molecule has 1 N–H and O–H groups in total. The average molecular weight is 540 g/mol. The van der Waals surface area contributed by atoms with E-state index in [0.29, 0.717) is 31.7 Å². The molecule has 1 amide bonds. The number of methoxy groups -OCH3 is 1. The Kier molecular flexibility index (Phi) is 7.98. The van der Waals surface area contributed by atoms with Gasteiger partial charge in [-0.15, -0.1) is 0 Å². The molecule has 0 radical (unpaired) electrons. The van der Waals surface area contributed by atoms with E-state index in [0.717, 1.165) is 31.4 Å². The van der Waals surface area contributed by atoms with E-state index in [1.165, 1.54) is 46.1 Å². The molecule has 0 aromatic heterocycles. The van der Waals surface area contributed by atoms with E-state index >= 15 is 0 Å². The highest BCUT2D eigenvalue weighted by Crippen LogP contribution is 2.31. The molecule has 4 rings (SSSR count). The van der Waals surface area contributed by atoms with Crippen molar-refractivity contribution in [3.63, 3.8) is 0 Å². The Hall–Kier alpha value is -2.54. The molecule has 2 fully saturated rings. The number of carbonyl (C=O) groups excluding carboxylic acids is 1. The zero-order chi connectivity index (χ0) is 25.9. The van der Waals surface area contributed by atoms with Crippen LogP contribution < -0.4 is 10.1 Å². The summed E-state index contributed by atoms with van der Waals surface area (Å²) in [6.45, 7) is 1.21. The van der Waals surface area contributed by atoms with Crippen LogP contribution in [0.3, 0.4) is 0 Å². The summed E-state index contributed by atoms with van der Waals surface area (Å²) in [5, 5.41) is 2.78. The maximum Gasteiger partial charge on any atom is 0.243 e. The smallest absolute Gasteiger partial charge is 0.243 e. The van der Waals surface area contributed by atoms with Crippen LogP contribution in [0.15, 0.2) is 52.3 Å². The van der Waals surface area contributed by atoms with Crippen molar-refractivity contribution in [2.45, 2.75) is 41.9 Å². The number of nitrogens with zero attached hydrogens (tertiary/aromatic N) is 2. The number of ether oxygens (including phenoxy) is 1. The third-order valence-electron chi connectivity index (χ3n) is 6.66. The molecule has 0 atom stereocenters. The fourth-order valence-corrected chi connectivity index (χ4v) is 7.56. The number of piperidine rings is 2. The summed E-state index contributed by atoms with van der Waals surface area (Å²) < 4.78 is 73.1. The van der Waals surface area contributed by atoms with Gasteiger partial charge in [0.15, 0.2) is 0 Å². The lowest BCUT2D eigenvalue weighted by Crippen LogP contribution is -2.41. The van der Waals surface area contributed by atoms with Gasteiger partial charge in [-0.25, -0.2) is 21.2 Å². The summed E-state index contributed by atoms with van der Waals surface area (Å²) in [7, 11) is -6.05. The molecular weight excluding hydrogens is 509 g/mol. The molecule has 0 saturated carbocycles. The van der Waals surface area contributed by atoms with Crippen molar-refractivity contribution < 1.29 is 30.8 Å². The van der Waals surface area contributed by atoms with E-state index in [-0.39, 0.29) is 34.5 Å². The number of hydrogen-bond acceptors (Lipinski definition) is 6. The summed E-state index contributed by atoms with van der Waals surface area (Å²) in [5.74, 6) is -0.985. The predicted molar refractivity (Wildman–Crippen MR) is 132 cm³/mol. The van der Waals surface area contributed by atoms with Crippen molar-refractivity contribution >= 4 is 31.6 Å². The number of sulfonamides is 2. The number of rotatable bonds is 7. The van der Waals surface area contributed by atoms with Crippen LogP contribution in [-0.4, -0.2) is 64.6 Å². The molecule has 0 unspecified atom stereocenters. The molecule has 2 aromatic rings. The molecule has 2 saturated heterocycles. The maximum atomic E-state index is 13.2. The largest absolute Gasteiger partial charge is 0.495 e. The summed E-state index contributed by atoms with van der Waals surface area (Å²) in [4.78, 5) is 13.1. The van der Waals surface area contributed by atoms with Crippen molar-refractivity contribution in [2.75, 3.05) is 38.6 Å². The van der Waals surface area contributed by atoms with Gasteiger partial charge in [0.05, 0.1) is 22.6 Å². The number of amides is 1. The van der Waals surface area contributed by atoms with E-state index in [9.17, 15) is 26.0 Å². The second-order valence-corrected chi connectivity index (χ2v) is 12.8. The topological polar surface area (TPSA) is 113 Å². The van der Waals surface area contributed by atoms with Crippen LogP contribution in [0, 0.1) is 11.7 Å². The number of carbonyl (C=O) groups is 1. The van der Waals surface area contributed by atoms with Gasteiger partial charge in [0.25, 0.3) is 0 Å². The monoisotopic (exact) mass is 539 g/mol. The predicted octanol–water partition coefficient (Wildman–Crippen LogP) is 3.05. The van der Waals surface area contributed by atoms with Gasteiger partial charge >= 0.3 is 0 Å². The summed E-state index contributed by atoms with van der Waals surface area (Å²) in [5.41, 5.74) is 0.252. The van der Waals surface area contributed by atoms with E-state index < -0.39 is 31.8 Å². The first-order valence-corrected chi connectivity index (χ1v) is 14.8. The Morgan fingerprint density at radius 3 is 2.03 bits per heavy atom. The van der Waals surface area contributed by atoms with Gasteiger partial charge in [0.1, 0.15) is 11.6 Å². The number of nitrogens with one attached hydrogen (secondary N) is 1. The van der Waals surface area contributed by atoms with Gasteiger partial charge in [-0.3, -0.25) is 4.79 Å². The van der Waals surface area contributed by atoms with Gasteiger partial charge in [-0.1, -0.05) is 6.42 Å². The van der Waals surface area contributed by atoms with Gasteiger partial charge in [-0.2, -0.15) is 8.61 Å². The molecule has 0 aliphatic carbocycles. The van der Waals surface area contributed by atoms with Gasteiger partial charge in [0.2, 0.25) is 26.0 Å². The number of halogens is 1. The first-order chi connectivity index (χ1) is 17.1. The van der Waals surface area contributed by atoms with Crippen molar-refractivity contribution in [1.29, 1.82) is 0 Å².